The summed E-state index contributed by atoms with van der Waals surface area (Å²) in [5.74, 6) is -0.452. The van der Waals surface area contributed by atoms with Crippen LogP contribution in [0.3, 0.4) is 0 Å². The highest BCUT2D eigenvalue weighted by Crippen LogP contribution is 2.32. The summed E-state index contributed by atoms with van der Waals surface area (Å²) in [7, 11) is 0. The van der Waals surface area contributed by atoms with E-state index in [2.05, 4.69) is 5.16 Å². The van der Waals surface area contributed by atoms with Gasteiger partial charge in [0.15, 0.2) is 5.79 Å². The highest BCUT2D eigenvalue weighted by atomic mass is 16.7. The van der Waals surface area contributed by atoms with Gasteiger partial charge in [0, 0.05) is 32.4 Å². The van der Waals surface area contributed by atoms with Crippen LogP contribution in [-0.4, -0.2) is 54.7 Å². The van der Waals surface area contributed by atoms with Crippen molar-refractivity contribution in [3.63, 3.8) is 0 Å². The molecule has 1 amide bonds. The second-order valence-electron chi connectivity index (χ2n) is 6.14. The predicted octanol–water partition coefficient (Wildman–Crippen LogP) is 1.55. The van der Waals surface area contributed by atoms with Crippen molar-refractivity contribution in [2.75, 3.05) is 26.3 Å². The van der Waals surface area contributed by atoms with Gasteiger partial charge in [0.1, 0.15) is 0 Å². The van der Waals surface area contributed by atoms with Gasteiger partial charge in [-0.3, -0.25) is 4.79 Å². The summed E-state index contributed by atoms with van der Waals surface area (Å²) in [5.41, 5.74) is 1.84. The number of rotatable bonds is 2. The fourth-order valence-electron chi connectivity index (χ4n) is 3.37. The molecule has 0 saturated carbocycles. The van der Waals surface area contributed by atoms with Crippen LogP contribution in [-0.2, 0) is 19.1 Å². The molecule has 1 spiro atoms. The van der Waals surface area contributed by atoms with Crippen LogP contribution in [0.5, 0.6) is 0 Å². The molecule has 3 aliphatic rings. The number of benzene rings is 1. The van der Waals surface area contributed by atoms with E-state index in [-0.39, 0.29) is 5.91 Å². The number of oxime groups is 1. The summed E-state index contributed by atoms with van der Waals surface area (Å²) >= 11 is 0. The van der Waals surface area contributed by atoms with Crippen LogP contribution in [0.25, 0.3) is 0 Å². The third kappa shape index (κ3) is 2.84. The number of nitrogens with zero attached hydrogens (tertiary/aromatic N) is 2. The summed E-state index contributed by atoms with van der Waals surface area (Å²) in [5, 5.41) is 4.09. The number of carbonyl (C=O) groups excluding carboxylic acids is 1. The first kappa shape index (κ1) is 14.7. The van der Waals surface area contributed by atoms with E-state index in [4.69, 9.17) is 14.3 Å². The minimum Gasteiger partial charge on any atom is -0.382 e. The van der Waals surface area contributed by atoms with Crippen molar-refractivity contribution in [2.45, 2.75) is 31.2 Å². The molecule has 0 unspecified atom stereocenters. The maximum Gasteiger partial charge on any atom is 0.266 e. The predicted molar refractivity (Wildman–Crippen MR) is 82.9 cm³/mol. The Morgan fingerprint density at radius 1 is 1.13 bits per heavy atom. The van der Waals surface area contributed by atoms with E-state index in [1.54, 1.807) is 0 Å². The molecule has 2 fully saturated rings. The molecule has 122 valence electrons. The molecule has 0 radical (unpaired) electrons. The van der Waals surface area contributed by atoms with Crippen LogP contribution >= 0.6 is 0 Å². The van der Waals surface area contributed by atoms with Crippen LogP contribution in [0.1, 0.15) is 24.8 Å². The van der Waals surface area contributed by atoms with Gasteiger partial charge >= 0.3 is 0 Å². The van der Waals surface area contributed by atoms with Gasteiger partial charge in [-0.15, -0.1) is 0 Å². The van der Waals surface area contributed by atoms with Gasteiger partial charge < -0.3 is 19.2 Å². The van der Waals surface area contributed by atoms with E-state index in [9.17, 15) is 4.79 Å². The molecule has 6 nitrogen and oxygen atoms in total. The second kappa shape index (κ2) is 5.94. The van der Waals surface area contributed by atoms with Crippen molar-refractivity contribution in [1.82, 2.24) is 4.90 Å². The highest BCUT2D eigenvalue weighted by molar-refractivity contribution is 6.04. The maximum atomic E-state index is 12.6. The zero-order valence-electron chi connectivity index (χ0n) is 12.9. The third-order valence-corrected chi connectivity index (χ3v) is 4.70. The summed E-state index contributed by atoms with van der Waals surface area (Å²) < 4.78 is 11.4. The van der Waals surface area contributed by atoms with Crippen molar-refractivity contribution in [3.05, 3.63) is 35.9 Å². The Labute approximate surface area is 135 Å². The van der Waals surface area contributed by atoms with Crippen LogP contribution in [0, 0.1) is 0 Å². The normalized spacial score (nSPS) is 26.2. The fraction of sp³-hybridized carbons (Fsp3) is 0.529. The average molecular weight is 316 g/mol. The lowest BCUT2D eigenvalue weighted by Gasteiger charge is -2.38. The Kier molecular flexibility index (Phi) is 3.79. The fourth-order valence-corrected chi connectivity index (χ4v) is 3.37. The topological polar surface area (TPSA) is 60.4 Å². The quantitative estimate of drug-likeness (QED) is 0.830. The Morgan fingerprint density at radius 2 is 1.83 bits per heavy atom. The van der Waals surface area contributed by atoms with E-state index in [0.717, 1.165) is 24.1 Å². The van der Waals surface area contributed by atoms with Gasteiger partial charge in [0.2, 0.25) is 6.10 Å². The smallest absolute Gasteiger partial charge is 0.266 e. The Morgan fingerprint density at radius 3 is 2.52 bits per heavy atom. The van der Waals surface area contributed by atoms with Crippen molar-refractivity contribution in [2.24, 2.45) is 5.16 Å². The highest BCUT2D eigenvalue weighted by Gasteiger charge is 2.42. The van der Waals surface area contributed by atoms with E-state index in [0.29, 0.717) is 32.7 Å². The number of likely N-dealkylation sites (tertiary alicyclic amines) is 1. The largest absolute Gasteiger partial charge is 0.382 e. The second-order valence-corrected chi connectivity index (χ2v) is 6.14. The zero-order chi connectivity index (χ0) is 15.7. The summed E-state index contributed by atoms with van der Waals surface area (Å²) in [4.78, 5) is 19.9. The van der Waals surface area contributed by atoms with Crippen molar-refractivity contribution in [1.29, 1.82) is 0 Å². The molecule has 0 N–H and O–H groups in total. The number of amides is 1. The van der Waals surface area contributed by atoms with Gasteiger partial charge in [-0.2, -0.15) is 0 Å². The minimum absolute atomic E-state index is 0.00697. The minimum atomic E-state index is -0.510. The molecule has 2 saturated heterocycles. The molecule has 0 aromatic heterocycles. The molecular formula is C17H20N2O4. The lowest BCUT2D eigenvalue weighted by molar-refractivity contribution is -0.189. The summed E-state index contributed by atoms with van der Waals surface area (Å²) in [6.07, 6.45) is 1.46. The molecular weight excluding hydrogens is 296 g/mol. The lowest BCUT2D eigenvalue weighted by Crippen LogP contribution is -2.50. The molecule has 3 aliphatic heterocycles. The molecule has 3 heterocycles. The molecule has 0 aliphatic carbocycles. The zero-order valence-corrected chi connectivity index (χ0v) is 12.9. The molecule has 4 rings (SSSR count). The molecule has 1 aromatic rings. The van der Waals surface area contributed by atoms with Gasteiger partial charge in [0.05, 0.1) is 18.9 Å². The Balaban J connectivity index is 1.34. The maximum absolute atomic E-state index is 12.6. The summed E-state index contributed by atoms with van der Waals surface area (Å²) in [6, 6.07) is 9.83. The van der Waals surface area contributed by atoms with Gasteiger partial charge in [-0.25, -0.2) is 0 Å². The molecule has 6 heteroatoms. The third-order valence-electron chi connectivity index (χ3n) is 4.70. The van der Waals surface area contributed by atoms with Crippen molar-refractivity contribution >= 4 is 11.6 Å². The SMILES string of the molecule is O=C([C@@H]1CC(c2ccccc2)=NO1)N1CCC2(CC1)OCCO2. The van der Waals surface area contributed by atoms with Gasteiger partial charge in [-0.05, 0) is 5.56 Å². The monoisotopic (exact) mass is 316 g/mol. The van der Waals surface area contributed by atoms with E-state index in [1.807, 2.05) is 35.2 Å². The first-order valence-electron chi connectivity index (χ1n) is 8.11. The Bertz CT molecular complexity index is 600. The van der Waals surface area contributed by atoms with Gasteiger partial charge in [-0.1, -0.05) is 35.5 Å². The van der Waals surface area contributed by atoms with E-state index in [1.165, 1.54) is 0 Å². The van der Waals surface area contributed by atoms with Crippen LogP contribution < -0.4 is 0 Å². The van der Waals surface area contributed by atoms with Crippen LogP contribution in [0.15, 0.2) is 35.5 Å². The number of hydrogen-bond acceptors (Lipinski definition) is 5. The number of piperidine rings is 1. The van der Waals surface area contributed by atoms with Crippen molar-refractivity contribution in [3.8, 4) is 0 Å². The first-order chi connectivity index (χ1) is 11.3. The molecule has 1 aromatic carbocycles. The number of hydrogen-bond donors (Lipinski definition) is 0. The number of ether oxygens (including phenoxy) is 2. The average Bonchev–Trinajstić information content (AvgIpc) is 3.26. The van der Waals surface area contributed by atoms with Gasteiger partial charge in [0.25, 0.3) is 5.91 Å². The molecule has 1 atom stereocenters. The van der Waals surface area contributed by atoms with Crippen molar-refractivity contribution < 1.29 is 19.1 Å². The van der Waals surface area contributed by atoms with E-state index >= 15 is 0 Å². The van der Waals surface area contributed by atoms with E-state index < -0.39 is 11.9 Å². The first-order valence-corrected chi connectivity index (χ1v) is 8.11. The summed E-state index contributed by atoms with van der Waals surface area (Å²) in [6.45, 7) is 2.57. The van der Waals surface area contributed by atoms with Crippen LogP contribution in [0.4, 0.5) is 0 Å². The standard InChI is InChI=1S/C17H20N2O4/c20-16(19-8-6-17(7-9-19)21-10-11-22-17)15-12-14(18-23-15)13-4-2-1-3-5-13/h1-5,15H,6-12H2/t15-/m0/s1. The molecule has 23 heavy (non-hydrogen) atoms. The lowest BCUT2D eigenvalue weighted by atomic mass is 10.0. The van der Waals surface area contributed by atoms with Crippen LogP contribution in [0.2, 0.25) is 0 Å². The number of carbonyl (C=O) groups is 1. The molecule has 0 bridgehead atoms. The Hall–Kier alpha value is -1.92.